The van der Waals surface area contributed by atoms with Gasteiger partial charge in [0.1, 0.15) is 17.8 Å². The van der Waals surface area contributed by atoms with Crippen LogP contribution in [-0.2, 0) is 10.3 Å². The average molecular weight is 285 g/mol. The van der Waals surface area contributed by atoms with Gasteiger partial charge < -0.3 is 15.6 Å². The molecule has 6 nitrogen and oxygen atoms in total. The Bertz CT molecular complexity index is 743. The number of anilines is 1. The van der Waals surface area contributed by atoms with Crippen LogP contribution in [0.15, 0.2) is 12.5 Å². The molecule has 0 fully saturated rings. The first-order valence-corrected chi connectivity index (χ1v) is 6.66. The van der Waals surface area contributed by atoms with Crippen molar-refractivity contribution in [2.24, 2.45) is 0 Å². The van der Waals surface area contributed by atoms with Gasteiger partial charge in [0.25, 0.3) is 0 Å². The summed E-state index contributed by atoms with van der Waals surface area (Å²) in [6, 6.07) is 0. The second-order valence-electron chi connectivity index (χ2n) is 5.75. The molecular formula is C15H19N5O. The van der Waals surface area contributed by atoms with Crippen molar-refractivity contribution < 1.29 is 4.79 Å². The first kappa shape index (κ1) is 14.9. The molecule has 21 heavy (non-hydrogen) atoms. The zero-order valence-corrected chi connectivity index (χ0v) is 12.7. The Labute approximate surface area is 123 Å². The molecule has 0 aliphatic rings. The topological polar surface area (TPSA) is 85.8 Å². The highest BCUT2D eigenvalue weighted by molar-refractivity contribution is 5.92. The molecule has 2 rings (SSSR count). The summed E-state index contributed by atoms with van der Waals surface area (Å²) >= 11 is 0. The maximum absolute atomic E-state index is 10.8. The Hall–Kier alpha value is -2.55. The van der Waals surface area contributed by atoms with Crippen molar-refractivity contribution in [1.29, 1.82) is 0 Å². The van der Waals surface area contributed by atoms with Crippen molar-refractivity contribution in [3.63, 3.8) is 0 Å². The third kappa shape index (κ3) is 3.14. The summed E-state index contributed by atoms with van der Waals surface area (Å²) in [5.41, 5.74) is 7.35. The maximum Gasteiger partial charge on any atom is 0.217 e. The zero-order chi connectivity index (χ0) is 15.6. The molecular weight excluding hydrogens is 266 g/mol. The van der Waals surface area contributed by atoms with E-state index in [9.17, 15) is 4.79 Å². The smallest absolute Gasteiger partial charge is 0.217 e. The molecule has 110 valence electrons. The average Bonchev–Trinajstić information content (AvgIpc) is 2.74. The monoisotopic (exact) mass is 285 g/mol. The van der Waals surface area contributed by atoms with Gasteiger partial charge in [0, 0.05) is 18.7 Å². The highest BCUT2D eigenvalue weighted by Crippen LogP contribution is 2.28. The van der Waals surface area contributed by atoms with E-state index in [1.54, 1.807) is 0 Å². The number of rotatable bonds is 1. The number of carbonyl (C=O) groups is 1. The van der Waals surface area contributed by atoms with Crippen molar-refractivity contribution in [2.75, 3.05) is 12.3 Å². The number of carbonyl (C=O) groups excluding carboxylic acids is 1. The Kier molecular flexibility index (Phi) is 3.85. The molecule has 0 aliphatic carbocycles. The summed E-state index contributed by atoms with van der Waals surface area (Å²) in [6.45, 7) is 8.00. The fraction of sp³-hybridized carbons (Fsp3) is 0.400. The van der Waals surface area contributed by atoms with Crippen LogP contribution in [0.1, 0.15) is 33.3 Å². The lowest BCUT2D eigenvalue weighted by atomic mass is 10.1. The molecule has 2 aromatic heterocycles. The molecule has 0 bridgehead atoms. The van der Waals surface area contributed by atoms with Crippen LogP contribution in [0.3, 0.4) is 0 Å². The molecule has 0 radical (unpaired) electrons. The molecule has 0 saturated carbocycles. The third-order valence-electron chi connectivity index (χ3n) is 2.98. The second kappa shape index (κ2) is 5.44. The zero-order valence-electron chi connectivity index (χ0n) is 12.7. The first-order chi connectivity index (χ1) is 9.80. The number of nitrogens with two attached hydrogens (primary N) is 1. The van der Waals surface area contributed by atoms with Crippen LogP contribution in [0.2, 0.25) is 0 Å². The van der Waals surface area contributed by atoms with Crippen LogP contribution in [-0.4, -0.2) is 27.0 Å². The van der Waals surface area contributed by atoms with E-state index in [0.717, 1.165) is 16.6 Å². The highest BCUT2D eigenvalue weighted by atomic mass is 16.1. The van der Waals surface area contributed by atoms with Crippen molar-refractivity contribution in [2.45, 2.75) is 33.2 Å². The summed E-state index contributed by atoms with van der Waals surface area (Å²) in [6.07, 6.45) is 3.38. The summed E-state index contributed by atoms with van der Waals surface area (Å²) < 4.78 is 2.03. The normalized spacial score (nSPS) is 11.0. The molecule has 1 amide bonds. The van der Waals surface area contributed by atoms with Crippen LogP contribution in [0, 0.1) is 11.8 Å². The Morgan fingerprint density at radius 1 is 1.43 bits per heavy atom. The van der Waals surface area contributed by atoms with Gasteiger partial charge in [0.2, 0.25) is 5.91 Å². The number of aromatic nitrogens is 3. The molecule has 0 aliphatic heterocycles. The van der Waals surface area contributed by atoms with Gasteiger partial charge >= 0.3 is 0 Å². The number of hydrogen-bond acceptors (Lipinski definition) is 4. The van der Waals surface area contributed by atoms with E-state index in [0.29, 0.717) is 12.4 Å². The lowest BCUT2D eigenvalue weighted by molar-refractivity contribution is -0.118. The molecule has 2 aromatic rings. The largest absolute Gasteiger partial charge is 0.383 e. The van der Waals surface area contributed by atoms with Crippen molar-refractivity contribution in [3.8, 4) is 11.8 Å². The standard InChI is InChI=1S/C15H19N5O/c1-10(21)17-7-5-6-11-8-20(15(2,3)4)14-12(11)13(16)18-9-19-14/h8-9H,7H2,1-4H3,(H,17,21)(H2,16,18,19). The molecule has 2 heterocycles. The van der Waals surface area contributed by atoms with Crippen LogP contribution < -0.4 is 11.1 Å². The fourth-order valence-electron chi connectivity index (χ4n) is 2.00. The first-order valence-electron chi connectivity index (χ1n) is 6.66. The minimum atomic E-state index is -0.142. The van der Waals surface area contributed by atoms with Crippen molar-refractivity contribution in [3.05, 3.63) is 18.1 Å². The molecule has 0 unspecified atom stereocenters. The predicted molar refractivity (Wildman–Crippen MR) is 82.5 cm³/mol. The van der Waals surface area contributed by atoms with Gasteiger partial charge in [0.15, 0.2) is 0 Å². The molecule has 6 heteroatoms. The Morgan fingerprint density at radius 3 is 2.76 bits per heavy atom. The van der Waals surface area contributed by atoms with E-state index in [2.05, 4.69) is 47.9 Å². The maximum atomic E-state index is 10.8. The summed E-state index contributed by atoms with van der Waals surface area (Å²) in [5, 5.41) is 3.39. The Balaban J connectivity index is 2.51. The number of hydrogen-bond donors (Lipinski definition) is 2. The van der Waals surface area contributed by atoms with Gasteiger partial charge in [-0.1, -0.05) is 11.8 Å². The third-order valence-corrected chi connectivity index (χ3v) is 2.98. The van der Waals surface area contributed by atoms with Crippen LogP contribution in [0.25, 0.3) is 11.0 Å². The number of fused-ring (bicyclic) bond motifs is 1. The van der Waals surface area contributed by atoms with Gasteiger partial charge in [-0.25, -0.2) is 9.97 Å². The number of nitrogen functional groups attached to an aromatic ring is 1. The predicted octanol–water partition coefficient (Wildman–Crippen LogP) is 1.26. The quantitative estimate of drug-likeness (QED) is 0.772. The van der Waals surface area contributed by atoms with Gasteiger partial charge in [-0.2, -0.15) is 0 Å². The minimum absolute atomic E-state index is 0.107. The van der Waals surface area contributed by atoms with E-state index in [4.69, 9.17) is 5.73 Å². The SMILES string of the molecule is CC(=O)NCC#Cc1cn(C(C)(C)C)c2ncnc(N)c12. The van der Waals surface area contributed by atoms with E-state index in [1.165, 1.54) is 13.3 Å². The summed E-state index contributed by atoms with van der Waals surface area (Å²) in [7, 11) is 0. The number of amides is 1. The second-order valence-corrected chi connectivity index (χ2v) is 5.75. The fourth-order valence-corrected chi connectivity index (χ4v) is 2.00. The van der Waals surface area contributed by atoms with Crippen LogP contribution in [0.4, 0.5) is 5.82 Å². The summed E-state index contributed by atoms with van der Waals surface area (Å²) in [5.74, 6) is 6.24. The Morgan fingerprint density at radius 2 is 2.14 bits per heavy atom. The lowest BCUT2D eigenvalue weighted by Gasteiger charge is -2.21. The van der Waals surface area contributed by atoms with Crippen LogP contribution in [0.5, 0.6) is 0 Å². The summed E-state index contributed by atoms with van der Waals surface area (Å²) in [4.78, 5) is 19.2. The van der Waals surface area contributed by atoms with E-state index in [-0.39, 0.29) is 11.4 Å². The lowest BCUT2D eigenvalue weighted by Crippen LogP contribution is -2.21. The molecule has 0 saturated heterocycles. The van der Waals surface area contributed by atoms with Gasteiger partial charge in [-0.3, -0.25) is 4.79 Å². The van der Waals surface area contributed by atoms with E-state index >= 15 is 0 Å². The number of nitrogens with zero attached hydrogens (tertiary/aromatic N) is 3. The van der Waals surface area contributed by atoms with Crippen molar-refractivity contribution in [1.82, 2.24) is 19.9 Å². The molecule has 0 spiro atoms. The van der Waals surface area contributed by atoms with Gasteiger partial charge in [-0.05, 0) is 20.8 Å². The van der Waals surface area contributed by atoms with Gasteiger partial charge in [0.05, 0.1) is 17.5 Å². The minimum Gasteiger partial charge on any atom is -0.383 e. The van der Waals surface area contributed by atoms with Gasteiger partial charge in [-0.15, -0.1) is 0 Å². The molecule has 0 aromatic carbocycles. The van der Waals surface area contributed by atoms with Crippen LogP contribution >= 0.6 is 0 Å². The van der Waals surface area contributed by atoms with E-state index in [1.807, 2.05) is 10.8 Å². The highest BCUT2D eigenvalue weighted by Gasteiger charge is 2.20. The van der Waals surface area contributed by atoms with E-state index < -0.39 is 0 Å². The number of nitrogens with one attached hydrogen (secondary N) is 1. The molecule has 0 atom stereocenters. The molecule has 3 N–H and O–H groups in total. The van der Waals surface area contributed by atoms with Crippen molar-refractivity contribution >= 4 is 22.8 Å².